The number of benzene rings is 1. The van der Waals surface area contributed by atoms with Crippen LogP contribution in [0.3, 0.4) is 0 Å². The summed E-state index contributed by atoms with van der Waals surface area (Å²) in [5, 5.41) is 0. The van der Waals surface area contributed by atoms with Crippen molar-refractivity contribution in [3.63, 3.8) is 0 Å². The Morgan fingerprint density at radius 3 is 2.27 bits per heavy atom. The van der Waals surface area contributed by atoms with Crippen LogP contribution < -0.4 is 4.74 Å². The van der Waals surface area contributed by atoms with E-state index in [1.54, 1.807) is 31.4 Å². The van der Waals surface area contributed by atoms with Gasteiger partial charge in [0.2, 0.25) is 5.92 Å². The molecule has 0 radical (unpaired) electrons. The Kier molecular flexibility index (Phi) is 5.14. The summed E-state index contributed by atoms with van der Waals surface area (Å²) in [6.45, 7) is 1.15. The number of ether oxygens (including phenoxy) is 3. The lowest BCUT2D eigenvalue weighted by molar-refractivity contribution is -0.165. The summed E-state index contributed by atoms with van der Waals surface area (Å²) in [4.78, 5) is 35.3. The van der Waals surface area contributed by atoms with Crippen LogP contribution in [0.1, 0.15) is 25.3 Å². The van der Waals surface area contributed by atoms with Crippen LogP contribution in [0.15, 0.2) is 24.3 Å². The summed E-state index contributed by atoms with van der Waals surface area (Å²) < 4.78 is 15.1. The Morgan fingerprint density at radius 1 is 1.14 bits per heavy atom. The minimum absolute atomic E-state index is 0.0245. The molecule has 1 unspecified atom stereocenters. The summed E-state index contributed by atoms with van der Waals surface area (Å²) >= 11 is 0. The van der Waals surface area contributed by atoms with Crippen LogP contribution in [0, 0.1) is 5.92 Å². The van der Waals surface area contributed by atoms with E-state index in [0.29, 0.717) is 5.75 Å². The average molecular weight is 306 g/mol. The Labute approximate surface area is 128 Å². The van der Waals surface area contributed by atoms with E-state index in [1.807, 2.05) is 0 Å². The van der Waals surface area contributed by atoms with Crippen molar-refractivity contribution in [3.05, 3.63) is 29.8 Å². The van der Waals surface area contributed by atoms with Crippen molar-refractivity contribution in [3.8, 4) is 5.75 Å². The number of hydrogen-bond acceptors (Lipinski definition) is 6. The zero-order valence-electron chi connectivity index (χ0n) is 12.5. The van der Waals surface area contributed by atoms with Gasteiger partial charge in [-0.3, -0.25) is 14.4 Å². The maximum absolute atomic E-state index is 12.0. The van der Waals surface area contributed by atoms with Crippen LogP contribution in [-0.4, -0.2) is 30.9 Å². The van der Waals surface area contributed by atoms with Gasteiger partial charge in [0.15, 0.2) is 5.78 Å². The van der Waals surface area contributed by atoms with Crippen molar-refractivity contribution in [2.45, 2.75) is 32.5 Å². The molecule has 0 aromatic heterocycles. The number of carbonyl (C=O) groups excluding carboxylic acids is 3. The topological polar surface area (TPSA) is 78.9 Å². The van der Waals surface area contributed by atoms with E-state index in [9.17, 15) is 14.4 Å². The summed E-state index contributed by atoms with van der Waals surface area (Å²) in [5.74, 6) is -3.10. The number of Topliss-reactive ketones (excluding diaryl/α,β-unsaturated/α-hetero) is 1. The van der Waals surface area contributed by atoms with Gasteiger partial charge in [-0.2, -0.15) is 0 Å². The SMILES string of the molecule is COc1ccc(COC(=O)C(C(C)=O)C(=O)OC2CC2)cc1. The normalized spacial score (nSPS) is 14.8. The van der Waals surface area contributed by atoms with Gasteiger partial charge in [0.25, 0.3) is 0 Å². The minimum Gasteiger partial charge on any atom is -0.497 e. The quantitative estimate of drug-likeness (QED) is 0.563. The molecule has 1 aliphatic carbocycles. The monoisotopic (exact) mass is 306 g/mol. The van der Waals surface area contributed by atoms with E-state index in [-0.39, 0.29) is 12.7 Å². The molecule has 1 aliphatic rings. The molecule has 1 aromatic rings. The molecule has 0 saturated heterocycles. The molecule has 0 spiro atoms. The predicted octanol–water partition coefficient (Wildman–Crippen LogP) is 1.65. The van der Waals surface area contributed by atoms with Gasteiger partial charge in [0.05, 0.1) is 7.11 Å². The molecule has 0 N–H and O–H groups in total. The third-order valence-corrected chi connectivity index (χ3v) is 3.23. The summed E-state index contributed by atoms with van der Waals surface area (Å²) in [6, 6.07) is 6.93. The number of esters is 2. The molecule has 6 nitrogen and oxygen atoms in total. The average Bonchev–Trinajstić information content (AvgIpc) is 3.29. The fraction of sp³-hybridized carbons (Fsp3) is 0.438. The molecule has 1 fully saturated rings. The number of ketones is 1. The Morgan fingerprint density at radius 2 is 1.77 bits per heavy atom. The molecule has 0 amide bonds. The third kappa shape index (κ3) is 4.31. The zero-order valence-corrected chi connectivity index (χ0v) is 12.5. The molecule has 118 valence electrons. The van der Waals surface area contributed by atoms with Crippen molar-refractivity contribution < 1.29 is 28.6 Å². The molecule has 1 saturated carbocycles. The van der Waals surface area contributed by atoms with Crippen molar-refractivity contribution in [2.24, 2.45) is 5.92 Å². The molecule has 0 aliphatic heterocycles. The van der Waals surface area contributed by atoms with Crippen LogP contribution in [0.2, 0.25) is 0 Å². The number of hydrogen-bond donors (Lipinski definition) is 0. The van der Waals surface area contributed by atoms with E-state index in [2.05, 4.69) is 0 Å². The first kappa shape index (κ1) is 16.0. The Balaban J connectivity index is 1.92. The zero-order chi connectivity index (χ0) is 16.1. The molecule has 0 heterocycles. The first-order valence-corrected chi connectivity index (χ1v) is 7.01. The fourth-order valence-electron chi connectivity index (χ4n) is 1.81. The molecule has 6 heteroatoms. The van der Waals surface area contributed by atoms with Gasteiger partial charge in [-0.25, -0.2) is 0 Å². The number of carbonyl (C=O) groups is 3. The van der Waals surface area contributed by atoms with Crippen molar-refractivity contribution >= 4 is 17.7 Å². The summed E-state index contributed by atoms with van der Waals surface area (Å²) in [6.07, 6.45) is 1.39. The number of methoxy groups -OCH3 is 1. The number of rotatable bonds is 7. The minimum atomic E-state index is -1.50. The van der Waals surface area contributed by atoms with Crippen molar-refractivity contribution in [1.82, 2.24) is 0 Å². The highest BCUT2D eigenvalue weighted by Gasteiger charge is 2.38. The smallest absolute Gasteiger partial charge is 0.328 e. The van der Waals surface area contributed by atoms with Crippen LogP contribution in [0.5, 0.6) is 5.75 Å². The molecular weight excluding hydrogens is 288 g/mol. The molecule has 0 bridgehead atoms. The van der Waals surface area contributed by atoms with Crippen molar-refractivity contribution in [2.75, 3.05) is 7.11 Å². The van der Waals surface area contributed by atoms with Gasteiger partial charge in [0.1, 0.15) is 18.5 Å². The standard InChI is InChI=1S/C16H18O6/c1-10(17)14(16(19)22-13-7-8-13)15(18)21-9-11-3-5-12(20-2)6-4-11/h3-6,13-14H,7-9H2,1-2H3. The maximum Gasteiger partial charge on any atom is 0.328 e. The largest absolute Gasteiger partial charge is 0.497 e. The Hall–Kier alpha value is -2.37. The second-order valence-electron chi connectivity index (χ2n) is 5.14. The maximum atomic E-state index is 12.0. The fourth-order valence-corrected chi connectivity index (χ4v) is 1.81. The van der Waals surface area contributed by atoms with E-state index in [0.717, 1.165) is 18.4 Å². The van der Waals surface area contributed by atoms with E-state index >= 15 is 0 Å². The third-order valence-electron chi connectivity index (χ3n) is 3.23. The van der Waals surface area contributed by atoms with Gasteiger partial charge in [0, 0.05) is 0 Å². The molecule has 2 rings (SSSR count). The van der Waals surface area contributed by atoms with Crippen LogP contribution >= 0.6 is 0 Å². The molecule has 1 atom stereocenters. The van der Waals surface area contributed by atoms with Gasteiger partial charge >= 0.3 is 11.9 Å². The van der Waals surface area contributed by atoms with Gasteiger partial charge < -0.3 is 14.2 Å². The lowest BCUT2D eigenvalue weighted by atomic mass is 10.1. The van der Waals surface area contributed by atoms with Crippen LogP contribution in [-0.2, 0) is 30.5 Å². The van der Waals surface area contributed by atoms with Gasteiger partial charge in [-0.1, -0.05) is 12.1 Å². The Bertz CT molecular complexity index is 559. The highest BCUT2D eigenvalue weighted by molar-refractivity contribution is 6.14. The highest BCUT2D eigenvalue weighted by Crippen LogP contribution is 2.25. The van der Waals surface area contributed by atoms with Crippen LogP contribution in [0.25, 0.3) is 0 Å². The predicted molar refractivity (Wildman–Crippen MR) is 76.1 cm³/mol. The second kappa shape index (κ2) is 7.06. The van der Waals surface area contributed by atoms with Crippen LogP contribution in [0.4, 0.5) is 0 Å². The first-order chi connectivity index (χ1) is 10.5. The van der Waals surface area contributed by atoms with E-state index in [1.165, 1.54) is 6.92 Å². The first-order valence-electron chi connectivity index (χ1n) is 7.01. The van der Waals surface area contributed by atoms with Crippen molar-refractivity contribution in [1.29, 1.82) is 0 Å². The molecular formula is C16H18O6. The second-order valence-corrected chi connectivity index (χ2v) is 5.14. The van der Waals surface area contributed by atoms with E-state index < -0.39 is 23.6 Å². The van der Waals surface area contributed by atoms with E-state index in [4.69, 9.17) is 14.2 Å². The lowest BCUT2D eigenvalue weighted by Gasteiger charge is -2.13. The van der Waals surface area contributed by atoms with Gasteiger partial charge in [-0.05, 0) is 37.5 Å². The lowest BCUT2D eigenvalue weighted by Crippen LogP contribution is -2.33. The summed E-state index contributed by atoms with van der Waals surface area (Å²) in [5.41, 5.74) is 0.729. The highest BCUT2D eigenvalue weighted by atomic mass is 16.6. The summed E-state index contributed by atoms with van der Waals surface area (Å²) in [7, 11) is 1.55. The molecule has 1 aromatic carbocycles. The molecule has 22 heavy (non-hydrogen) atoms. The van der Waals surface area contributed by atoms with Gasteiger partial charge in [-0.15, -0.1) is 0 Å².